The van der Waals surface area contributed by atoms with Gasteiger partial charge in [-0.2, -0.15) is 0 Å². The summed E-state index contributed by atoms with van der Waals surface area (Å²) in [6.45, 7) is 6.73. The molecule has 0 aromatic heterocycles. The third kappa shape index (κ3) is 7.69. The van der Waals surface area contributed by atoms with Gasteiger partial charge in [0.1, 0.15) is 0 Å². The predicted octanol–water partition coefficient (Wildman–Crippen LogP) is 5.78. The van der Waals surface area contributed by atoms with Gasteiger partial charge in [0.15, 0.2) is 0 Å². The first-order chi connectivity index (χ1) is 15.8. The zero-order chi connectivity index (χ0) is 23.7. The Kier molecular flexibility index (Phi) is 9.04. The van der Waals surface area contributed by atoms with E-state index in [-0.39, 0.29) is 17.9 Å². The first-order valence-corrected chi connectivity index (χ1v) is 13.2. The van der Waals surface area contributed by atoms with E-state index in [2.05, 4.69) is 106 Å². The summed E-state index contributed by atoms with van der Waals surface area (Å²) in [5.41, 5.74) is 2.42. The maximum absolute atomic E-state index is 10.7. The summed E-state index contributed by atoms with van der Waals surface area (Å²) >= 11 is 0. The van der Waals surface area contributed by atoms with Crippen LogP contribution in [0.1, 0.15) is 63.7 Å². The third-order valence-electron chi connectivity index (χ3n) is 5.70. The Balaban J connectivity index is 1.82. The second-order valence-corrected chi connectivity index (χ2v) is 11.7. The SMILES string of the molecule is CC(C)(C)C(O[Si](c1ccccc1)c1ccccc1)c1cccc(CCCCCC(=O)O)c1. The largest absolute Gasteiger partial charge is 0.481 e. The fourth-order valence-corrected chi connectivity index (χ4v) is 6.36. The summed E-state index contributed by atoms with van der Waals surface area (Å²) in [6, 6.07) is 29.9. The van der Waals surface area contributed by atoms with Crippen LogP contribution in [-0.2, 0) is 15.6 Å². The Morgan fingerprint density at radius 1 is 0.848 bits per heavy atom. The van der Waals surface area contributed by atoms with Crippen molar-refractivity contribution in [3.8, 4) is 0 Å². The lowest BCUT2D eigenvalue weighted by atomic mass is 9.84. The van der Waals surface area contributed by atoms with E-state index in [4.69, 9.17) is 9.53 Å². The predicted molar refractivity (Wildman–Crippen MR) is 137 cm³/mol. The lowest BCUT2D eigenvalue weighted by Crippen LogP contribution is -2.47. The summed E-state index contributed by atoms with van der Waals surface area (Å²) in [5.74, 6) is -0.711. The molecule has 3 aromatic rings. The van der Waals surface area contributed by atoms with Crippen molar-refractivity contribution in [1.82, 2.24) is 0 Å². The molecule has 0 aliphatic rings. The highest BCUT2D eigenvalue weighted by Crippen LogP contribution is 2.37. The average molecular weight is 460 g/mol. The molecule has 3 nitrogen and oxygen atoms in total. The number of hydrogen-bond acceptors (Lipinski definition) is 2. The molecule has 0 saturated heterocycles. The van der Waals surface area contributed by atoms with Gasteiger partial charge in [-0.1, -0.05) is 112 Å². The van der Waals surface area contributed by atoms with Crippen LogP contribution in [0.2, 0.25) is 0 Å². The zero-order valence-corrected chi connectivity index (χ0v) is 21.0. The first-order valence-electron chi connectivity index (χ1n) is 11.8. The molecule has 0 saturated carbocycles. The molecule has 1 atom stereocenters. The molecule has 0 bridgehead atoms. The average Bonchev–Trinajstić information content (AvgIpc) is 2.80. The van der Waals surface area contributed by atoms with Gasteiger partial charge in [-0.25, -0.2) is 0 Å². The number of unbranched alkanes of at least 4 members (excludes halogenated alkanes) is 2. The number of benzene rings is 3. The smallest absolute Gasteiger partial charge is 0.303 e. The van der Waals surface area contributed by atoms with Crippen LogP contribution < -0.4 is 10.4 Å². The van der Waals surface area contributed by atoms with Gasteiger partial charge in [0.2, 0.25) is 0 Å². The molecule has 0 fully saturated rings. The first kappa shape index (κ1) is 24.9. The zero-order valence-electron chi connectivity index (χ0n) is 20.0. The molecule has 1 radical (unpaired) electrons. The topological polar surface area (TPSA) is 46.5 Å². The van der Waals surface area contributed by atoms with E-state index in [1.165, 1.54) is 21.5 Å². The molecule has 1 unspecified atom stereocenters. The van der Waals surface area contributed by atoms with E-state index in [9.17, 15) is 4.79 Å². The van der Waals surface area contributed by atoms with Gasteiger partial charge >= 0.3 is 5.97 Å². The van der Waals surface area contributed by atoms with Gasteiger partial charge in [0.25, 0.3) is 9.04 Å². The lowest BCUT2D eigenvalue weighted by Gasteiger charge is -2.34. The molecule has 0 aliphatic carbocycles. The van der Waals surface area contributed by atoms with Gasteiger partial charge < -0.3 is 9.53 Å². The number of carboxylic acid groups (broad SMARTS) is 1. The summed E-state index contributed by atoms with van der Waals surface area (Å²) in [5, 5.41) is 11.3. The molecule has 0 spiro atoms. The minimum atomic E-state index is -1.43. The normalized spacial score (nSPS) is 12.6. The molecule has 0 amide bonds. The fourth-order valence-electron chi connectivity index (χ4n) is 4.04. The fraction of sp³-hybridized carbons (Fsp3) is 0.345. The highest BCUT2D eigenvalue weighted by Gasteiger charge is 2.32. The summed E-state index contributed by atoms with van der Waals surface area (Å²) in [4.78, 5) is 10.7. The van der Waals surface area contributed by atoms with Crippen LogP contribution >= 0.6 is 0 Å². The monoisotopic (exact) mass is 459 g/mol. The maximum Gasteiger partial charge on any atom is 0.303 e. The van der Waals surface area contributed by atoms with Crippen molar-refractivity contribution >= 4 is 25.4 Å². The van der Waals surface area contributed by atoms with E-state index >= 15 is 0 Å². The standard InChI is InChI=1S/C29H35O3Si/c1-29(2,3)28(24-16-13-15-23(22-24)14-7-4-12-21-27(30)31)32-33(25-17-8-5-9-18-25)26-19-10-6-11-20-26/h5-6,8-11,13,15-20,22,28H,4,7,12,14,21H2,1-3H3,(H,30,31). The van der Waals surface area contributed by atoms with Gasteiger partial charge in [-0.15, -0.1) is 0 Å². The molecule has 173 valence electrons. The molecule has 33 heavy (non-hydrogen) atoms. The van der Waals surface area contributed by atoms with Gasteiger partial charge in [-0.05, 0) is 46.2 Å². The number of aliphatic carboxylic acids is 1. The second kappa shape index (κ2) is 12.0. The molecular formula is C29H35O3Si. The highest BCUT2D eigenvalue weighted by molar-refractivity contribution is 6.80. The Morgan fingerprint density at radius 3 is 2.00 bits per heavy atom. The van der Waals surface area contributed by atoms with Crippen LogP contribution in [-0.4, -0.2) is 20.1 Å². The van der Waals surface area contributed by atoms with Gasteiger partial charge in [0, 0.05) is 6.42 Å². The van der Waals surface area contributed by atoms with Crippen LogP contribution in [0.5, 0.6) is 0 Å². The molecule has 0 heterocycles. The number of aryl methyl sites for hydroxylation is 1. The summed E-state index contributed by atoms with van der Waals surface area (Å²) in [7, 11) is -1.43. The van der Waals surface area contributed by atoms with E-state index in [1.54, 1.807) is 0 Å². The highest BCUT2D eigenvalue weighted by atomic mass is 28.3. The van der Waals surface area contributed by atoms with Gasteiger partial charge in [0.05, 0.1) is 6.10 Å². The Labute approximate surface area is 200 Å². The Hall–Kier alpha value is -2.69. The number of rotatable bonds is 11. The van der Waals surface area contributed by atoms with E-state index in [0.717, 1.165) is 25.7 Å². The molecular weight excluding hydrogens is 424 g/mol. The summed E-state index contributed by atoms with van der Waals surface area (Å²) < 4.78 is 7.03. The Bertz CT molecular complexity index is 957. The van der Waals surface area contributed by atoms with E-state index < -0.39 is 15.0 Å². The molecule has 3 aromatic carbocycles. The second-order valence-electron chi connectivity index (χ2n) is 9.62. The van der Waals surface area contributed by atoms with Crippen molar-refractivity contribution in [1.29, 1.82) is 0 Å². The lowest BCUT2D eigenvalue weighted by molar-refractivity contribution is -0.137. The molecule has 4 heteroatoms. The van der Waals surface area contributed by atoms with Crippen molar-refractivity contribution in [3.05, 3.63) is 96.1 Å². The van der Waals surface area contributed by atoms with Crippen molar-refractivity contribution in [2.45, 2.75) is 59.0 Å². The van der Waals surface area contributed by atoms with Crippen molar-refractivity contribution < 1.29 is 14.3 Å². The number of carboxylic acids is 1. The number of carbonyl (C=O) groups is 1. The third-order valence-corrected chi connectivity index (χ3v) is 7.89. The molecule has 1 N–H and O–H groups in total. The van der Waals surface area contributed by atoms with E-state index in [1.807, 2.05) is 0 Å². The quantitative estimate of drug-likeness (QED) is 0.292. The van der Waals surface area contributed by atoms with Crippen LogP contribution in [0.15, 0.2) is 84.9 Å². The van der Waals surface area contributed by atoms with Crippen LogP contribution in [0.25, 0.3) is 0 Å². The minimum Gasteiger partial charge on any atom is -0.481 e. The molecule has 0 aliphatic heterocycles. The maximum atomic E-state index is 10.7. The van der Waals surface area contributed by atoms with E-state index in [0.29, 0.717) is 0 Å². The van der Waals surface area contributed by atoms with Crippen molar-refractivity contribution in [3.63, 3.8) is 0 Å². The van der Waals surface area contributed by atoms with Crippen molar-refractivity contribution in [2.24, 2.45) is 5.41 Å². The van der Waals surface area contributed by atoms with Crippen molar-refractivity contribution in [2.75, 3.05) is 0 Å². The molecule has 3 rings (SSSR count). The van der Waals surface area contributed by atoms with Crippen LogP contribution in [0.4, 0.5) is 0 Å². The van der Waals surface area contributed by atoms with Crippen LogP contribution in [0.3, 0.4) is 0 Å². The Morgan fingerprint density at radius 2 is 1.45 bits per heavy atom. The number of hydrogen-bond donors (Lipinski definition) is 1. The minimum absolute atomic E-state index is 0.0428. The summed E-state index contributed by atoms with van der Waals surface area (Å²) in [6.07, 6.45) is 3.84. The van der Waals surface area contributed by atoms with Gasteiger partial charge in [-0.3, -0.25) is 4.79 Å². The van der Waals surface area contributed by atoms with Crippen LogP contribution in [0, 0.1) is 5.41 Å².